The van der Waals surface area contributed by atoms with Gasteiger partial charge < -0.3 is 15.2 Å². The average molecular weight is 243 g/mol. The van der Waals surface area contributed by atoms with Gasteiger partial charge in [0.1, 0.15) is 0 Å². The van der Waals surface area contributed by atoms with E-state index in [0.29, 0.717) is 25.8 Å². The molecule has 1 fully saturated rings. The molecule has 1 aliphatic carbocycles. The Morgan fingerprint density at radius 3 is 2.53 bits per heavy atom. The molecule has 0 radical (unpaired) electrons. The summed E-state index contributed by atoms with van der Waals surface area (Å²) in [6.45, 7) is 5.98. The first kappa shape index (κ1) is 14.9. The van der Waals surface area contributed by atoms with Crippen LogP contribution in [0.15, 0.2) is 0 Å². The molecule has 2 unspecified atom stereocenters. The van der Waals surface area contributed by atoms with E-state index >= 15 is 0 Å². The van der Waals surface area contributed by atoms with E-state index in [1.54, 1.807) is 0 Å². The Kier molecular flexibility index (Phi) is 7.82. The van der Waals surface area contributed by atoms with E-state index in [9.17, 15) is 5.11 Å². The molecule has 3 heteroatoms. The van der Waals surface area contributed by atoms with Gasteiger partial charge in [-0.05, 0) is 32.1 Å². The monoisotopic (exact) mass is 243 g/mol. The summed E-state index contributed by atoms with van der Waals surface area (Å²) in [5.41, 5.74) is 0. The quantitative estimate of drug-likeness (QED) is 0.687. The van der Waals surface area contributed by atoms with Crippen molar-refractivity contribution in [2.45, 2.75) is 64.5 Å². The van der Waals surface area contributed by atoms with Crippen molar-refractivity contribution in [2.75, 3.05) is 19.8 Å². The highest BCUT2D eigenvalue weighted by molar-refractivity contribution is 4.79. The number of ether oxygens (including phenoxy) is 1. The zero-order valence-corrected chi connectivity index (χ0v) is 11.5. The van der Waals surface area contributed by atoms with Crippen LogP contribution in [0.4, 0.5) is 0 Å². The van der Waals surface area contributed by atoms with E-state index < -0.39 is 0 Å². The number of aliphatic hydroxyl groups is 1. The minimum Gasteiger partial charge on any atom is -0.389 e. The highest BCUT2D eigenvalue weighted by Gasteiger charge is 2.22. The fraction of sp³-hybridized carbons (Fsp3) is 1.00. The van der Waals surface area contributed by atoms with Gasteiger partial charge >= 0.3 is 0 Å². The standard InChI is InChI=1S/C14H29NO2/c1-3-14(12-8-6-5-7-9-12)15-10-13(16)11-17-4-2/h12-16H,3-11H2,1-2H3. The molecular formula is C14H29NO2. The first-order valence-electron chi connectivity index (χ1n) is 7.27. The molecular weight excluding hydrogens is 214 g/mol. The summed E-state index contributed by atoms with van der Waals surface area (Å²) in [5, 5.41) is 13.3. The molecule has 1 saturated carbocycles. The van der Waals surface area contributed by atoms with Crippen LogP contribution in [0.2, 0.25) is 0 Å². The highest BCUT2D eigenvalue weighted by Crippen LogP contribution is 2.27. The Labute approximate surface area is 106 Å². The maximum Gasteiger partial charge on any atom is 0.0897 e. The average Bonchev–Trinajstić information content (AvgIpc) is 2.38. The van der Waals surface area contributed by atoms with Crippen LogP contribution in [0.25, 0.3) is 0 Å². The molecule has 2 N–H and O–H groups in total. The highest BCUT2D eigenvalue weighted by atomic mass is 16.5. The molecule has 17 heavy (non-hydrogen) atoms. The van der Waals surface area contributed by atoms with E-state index in [2.05, 4.69) is 12.2 Å². The van der Waals surface area contributed by atoms with Crippen LogP contribution in [0.5, 0.6) is 0 Å². The minimum absolute atomic E-state index is 0.368. The molecule has 3 nitrogen and oxygen atoms in total. The Morgan fingerprint density at radius 1 is 1.24 bits per heavy atom. The second kappa shape index (κ2) is 8.90. The number of rotatable bonds is 8. The van der Waals surface area contributed by atoms with Gasteiger partial charge in [0.2, 0.25) is 0 Å². The summed E-state index contributed by atoms with van der Waals surface area (Å²) in [7, 11) is 0. The largest absolute Gasteiger partial charge is 0.389 e. The number of nitrogens with one attached hydrogen (secondary N) is 1. The topological polar surface area (TPSA) is 41.5 Å². The van der Waals surface area contributed by atoms with Gasteiger partial charge in [-0.25, -0.2) is 0 Å². The van der Waals surface area contributed by atoms with Crippen LogP contribution in [0.3, 0.4) is 0 Å². The smallest absolute Gasteiger partial charge is 0.0897 e. The Hall–Kier alpha value is -0.120. The van der Waals surface area contributed by atoms with Gasteiger partial charge in [-0.2, -0.15) is 0 Å². The van der Waals surface area contributed by atoms with E-state index in [4.69, 9.17) is 4.74 Å². The predicted molar refractivity (Wildman–Crippen MR) is 71.2 cm³/mol. The maximum atomic E-state index is 9.74. The summed E-state index contributed by atoms with van der Waals surface area (Å²) in [4.78, 5) is 0. The van der Waals surface area contributed by atoms with Crippen molar-refractivity contribution in [3.63, 3.8) is 0 Å². The van der Waals surface area contributed by atoms with Crippen LogP contribution in [0.1, 0.15) is 52.4 Å². The normalized spacial score (nSPS) is 21.4. The van der Waals surface area contributed by atoms with Crippen molar-refractivity contribution in [3.05, 3.63) is 0 Å². The summed E-state index contributed by atoms with van der Waals surface area (Å²) in [6, 6.07) is 0.576. The lowest BCUT2D eigenvalue weighted by molar-refractivity contribution is 0.0395. The molecule has 0 heterocycles. The van der Waals surface area contributed by atoms with E-state index in [-0.39, 0.29) is 6.10 Å². The summed E-state index contributed by atoms with van der Waals surface area (Å²) >= 11 is 0. The molecule has 0 aromatic heterocycles. The fourth-order valence-electron chi connectivity index (χ4n) is 2.78. The van der Waals surface area contributed by atoms with Crippen molar-refractivity contribution in [3.8, 4) is 0 Å². The van der Waals surface area contributed by atoms with Gasteiger partial charge in [-0.1, -0.05) is 26.2 Å². The van der Waals surface area contributed by atoms with E-state index in [1.807, 2.05) is 6.92 Å². The Bertz CT molecular complexity index is 181. The summed E-state index contributed by atoms with van der Waals surface area (Å²) < 4.78 is 5.22. The Balaban J connectivity index is 2.21. The zero-order chi connectivity index (χ0) is 12.5. The fourth-order valence-corrected chi connectivity index (χ4v) is 2.78. The molecule has 1 aliphatic rings. The van der Waals surface area contributed by atoms with E-state index in [0.717, 1.165) is 12.3 Å². The first-order valence-corrected chi connectivity index (χ1v) is 7.27. The molecule has 2 atom stereocenters. The summed E-state index contributed by atoms with van der Waals surface area (Å²) in [5.74, 6) is 0.813. The van der Waals surface area contributed by atoms with Crippen molar-refractivity contribution >= 4 is 0 Å². The molecule has 0 saturated heterocycles. The lowest BCUT2D eigenvalue weighted by Gasteiger charge is -2.31. The van der Waals surface area contributed by atoms with Crippen molar-refractivity contribution < 1.29 is 9.84 Å². The second-order valence-electron chi connectivity index (χ2n) is 5.13. The van der Waals surface area contributed by atoms with Gasteiger partial charge in [0.05, 0.1) is 12.7 Å². The molecule has 0 aliphatic heterocycles. The van der Waals surface area contributed by atoms with Gasteiger partial charge in [0, 0.05) is 19.2 Å². The lowest BCUT2D eigenvalue weighted by atomic mass is 9.83. The third-order valence-electron chi connectivity index (χ3n) is 3.79. The molecule has 0 aromatic carbocycles. The molecule has 102 valence electrons. The van der Waals surface area contributed by atoms with Gasteiger partial charge in [0.25, 0.3) is 0 Å². The van der Waals surface area contributed by atoms with Gasteiger partial charge in [-0.15, -0.1) is 0 Å². The SMILES string of the molecule is CCOCC(O)CNC(CC)C1CCCCC1. The molecule has 0 amide bonds. The molecule has 1 rings (SSSR count). The van der Waals surface area contributed by atoms with Gasteiger partial charge in [0.15, 0.2) is 0 Å². The zero-order valence-electron chi connectivity index (χ0n) is 11.5. The number of aliphatic hydroxyl groups excluding tert-OH is 1. The number of hydrogen-bond acceptors (Lipinski definition) is 3. The van der Waals surface area contributed by atoms with Crippen molar-refractivity contribution in [1.82, 2.24) is 5.32 Å². The van der Waals surface area contributed by atoms with E-state index in [1.165, 1.54) is 32.1 Å². The predicted octanol–water partition coefficient (Wildman–Crippen LogP) is 2.33. The molecule has 0 spiro atoms. The molecule has 0 bridgehead atoms. The van der Waals surface area contributed by atoms with Crippen LogP contribution in [-0.2, 0) is 4.74 Å². The van der Waals surface area contributed by atoms with Crippen LogP contribution < -0.4 is 5.32 Å². The Morgan fingerprint density at radius 2 is 1.94 bits per heavy atom. The van der Waals surface area contributed by atoms with Crippen molar-refractivity contribution in [1.29, 1.82) is 0 Å². The first-order chi connectivity index (χ1) is 8.27. The minimum atomic E-state index is -0.368. The third-order valence-corrected chi connectivity index (χ3v) is 3.79. The molecule has 0 aromatic rings. The van der Waals surface area contributed by atoms with Crippen LogP contribution in [0, 0.1) is 5.92 Å². The lowest BCUT2D eigenvalue weighted by Crippen LogP contribution is -2.42. The third kappa shape index (κ3) is 5.84. The van der Waals surface area contributed by atoms with Crippen LogP contribution >= 0.6 is 0 Å². The van der Waals surface area contributed by atoms with Crippen LogP contribution in [-0.4, -0.2) is 37.0 Å². The summed E-state index contributed by atoms with van der Waals surface area (Å²) in [6.07, 6.45) is 7.66. The second-order valence-corrected chi connectivity index (χ2v) is 5.13. The van der Waals surface area contributed by atoms with Crippen molar-refractivity contribution in [2.24, 2.45) is 5.92 Å². The number of hydrogen-bond donors (Lipinski definition) is 2. The van der Waals surface area contributed by atoms with Gasteiger partial charge in [-0.3, -0.25) is 0 Å². The maximum absolute atomic E-state index is 9.74.